The molecule has 0 radical (unpaired) electrons. The predicted octanol–water partition coefficient (Wildman–Crippen LogP) is 2.41. The zero-order chi connectivity index (χ0) is 12.3. The van der Waals surface area contributed by atoms with Crippen LogP contribution in [0.15, 0.2) is 18.2 Å². The van der Waals surface area contributed by atoms with Crippen molar-refractivity contribution in [2.45, 2.75) is 38.5 Å². The minimum Gasteiger partial charge on any atom is -0.330 e. The number of nitrogens with one attached hydrogen (secondary N) is 1. The van der Waals surface area contributed by atoms with Gasteiger partial charge in [0.25, 0.3) is 0 Å². The number of unbranched alkanes of at least 4 members (excludes halogenated alkanes) is 1. The first-order valence-corrected chi connectivity index (χ1v) is 6.40. The maximum atomic E-state index is 11.7. The van der Waals surface area contributed by atoms with E-state index in [1.807, 2.05) is 6.07 Å². The fourth-order valence-electron chi connectivity index (χ4n) is 2.41. The monoisotopic (exact) mass is 232 g/mol. The molecule has 0 bridgehead atoms. The molecule has 1 heterocycles. The second-order valence-electron chi connectivity index (χ2n) is 4.62. The highest BCUT2D eigenvalue weighted by Crippen LogP contribution is 2.35. The molecule has 1 aromatic rings. The van der Waals surface area contributed by atoms with E-state index in [1.54, 1.807) is 0 Å². The van der Waals surface area contributed by atoms with Gasteiger partial charge in [0.15, 0.2) is 0 Å². The van der Waals surface area contributed by atoms with Crippen LogP contribution in [0.5, 0.6) is 0 Å². The van der Waals surface area contributed by atoms with Gasteiger partial charge >= 0.3 is 0 Å². The molecule has 3 nitrogen and oxygen atoms in total. The summed E-state index contributed by atoms with van der Waals surface area (Å²) < 4.78 is 0. The second-order valence-corrected chi connectivity index (χ2v) is 4.62. The summed E-state index contributed by atoms with van der Waals surface area (Å²) in [7, 11) is 0. The third-order valence-corrected chi connectivity index (χ3v) is 3.39. The van der Waals surface area contributed by atoms with E-state index in [-0.39, 0.29) is 11.8 Å². The summed E-state index contributed by atoms with van der Waals surface area (Å²) in [6, 6.07) is 6.31. The quantitative estimate of drug-likeness (QED) is 0.766. The number of hydrogen-bond acceptors (Lipinski definition) is 2. The van der Waals surface area contributed by atoms with Gasteiger partial charge < -0.3 is 11.1 Å². The molecule has 3 N–H and O–H groups in total. The Morgan fingerprint density at radius 1 is 1.35 bits per heavy atom. The summed E-state index contributed by atoms with van der Waals surface area (Å²) >= 11 is 0. The summed E-state index contributed by atoms with van der Waals surface area (Å²) in [6.45, 7) is 2.81. The lowest BCUT2D eigenvalue weighted by atomic mass is 9.95. The Bertz CT molecular complexity index is 415. The van der Waals surface area contributed by atoms with E-state index in [2.05, 4.69) is 24.4 Å². The molecule has 0 saturated carbocycles. The highest BCUT2D eigenvalue weighted by molar-refractivity contribution is 6.02. The van der Waals surface area contributed by atoms with Crippen molar-refractivity contribution in [2.24, 2.45) is 5.73 Å². The molecule has 1 unspecified atom stereocenters. The van der Waals surface area contributed by atoms with Gasteiger partial charge in [0, 0.05) is 5.69 Å². The molecule has 0 fully saturated rings. The highest BCUT2D eigenvalue weighted by Gasteiger charge is 2.28. The van der Waals surface area contributed by atoms with Crippen LogP contribution in [-0.4, -0.2) is 12.5 Å². The number of nitrogens with two attached hydrogens (primary N) is 1. The highest BCUT2D eigenvalue weighted by atomic mass is 16.2. The molecule has 3 heteroatoms. The van der Waals surface area contributed by atoms with Crippen LogP contribution in [0, 0.1) is 0 Å². The zero-order valence-electron chi connectivity index (χ0n) is 10.3. The van der Waals surface area contributed by atoms with Gasteiger partial charge in [-0.15, -0.1) is 0 Å². The molecule has 0 aliphatic carbocycles. The van der Waals surface area contributed by atoms with Gasteiger partial charge in [-0.1, -0.05) is 19.1 Å². The number of benzene rings is 1. The van der Waals surface area contributed by atoms with E-state index >= 15 is 0 Å². The molecule has 1 aliphatic rings. The van der Waals surface area contributed by atoms with Crippen LogP contribution < -0.4 is 11.1 Å². The lowest BCUT2D eigenvalue weighted by Gasteiger charge is -2.07. The zero-order valence-corrected chi connectivity index (χ0v) is 10.3. The topological polar surface area (TPSA) is 55.1 Å². The first-order chi connectivity index (χ1) is 8.26. The lowest BCUT2D eigenvalue weighted by Crippen LogP contribution is -2.10. The van der Waals surface area contributed by atoms with Gasteiger partial charge in [0.1, 0.15) is 0 Å². The third kappa shape index (κ3) is 2.50. The first-order valence-electron chi connectivity index (χ1n) is 6.40. The average molecular weight is 232 g/mol. The van der Waals surface area contributed by atoms with Crippen LogP contribution in [0.3, 0.4) is 0 Å². The van der Waals surface area contributed by atoms with E-state index in [0.29, 0.717) is 0 Å². The van der Waals surface area contributed by atoms with Crippen molar-refractivity contribution in [1.82, 2.24) is 0 Å². The van der Waals surface area contributed by atoms with E-state index in [0.717, 1.165) is 37.9 Å². The molecule has 1 amide bonds. The van der Waals surface area contributed by atoms with Crippen molar-refractivity contribution in [3.8, 4) is 0 Å². The van der Waals surface area contributed by atoms with E-state index in [9.17, 15) is 4.79 Å². The van der Waals surface area contributed by atoms with Crippen LogP contribution in [-0.2, 0) is 11.2 Å². The third-order valence-electron chi connectivity index (χ3n) is 3.39. The minimum atomic E-state index is 0.0412. The van der Waals surface area contributed by atoms with Crippen molar-refractivity contribution in [3.63, 3.8) is 0 Å². The largest absolute Gasteiger partial charge is 0.330 e. The van der Waals surface area contributed by atoms with Crippen molar-refractivity contribution in [2.75, 3.05) is 11.9 Å². The number of carbonyl (C=O) groups is 1. The van der Waals surface area contributed by atoms with Crippen LogP contribution in [0.1, 0.15) is 43.2 Å². The van der Waals surface area contributed by atoms with Crippen molar-refractivity contribution in [1.29, 1.82) is 0 Å². The molecule has 92 valence electrons. The van der Waals surface area contributed by atoms with Gasteiger partial charge in [-0.25, -0.2) is 0 Å². The predicted molar refractivity (Wildman–Crippen MR) is 70.1 cm³/mol. The molecule has 1 atom stereocenters. The number of aryl methyl sites for hydroxylation is 1. The molecule has 2 rings (SSSR count). The molecule has 17 heavy (non-hydrogen) atoms. The normalized spacial score (nSPS) is 18.0. The number of rotatable bonds is 5. The lowest BCUT2D eigenvalue weighted by molar-refractivity contribution is -0.117. The summed E-state index contributed by atoms with van der Waals surface area (Å²) in [5.41, 5.74) is 8.96. The Labute approximate surface area is 102 Å². The van der Waals surface area contributed by atoms with Crippen LogP contribution in [0.4, 0.5) is 5.69 Å². The maximum absolute atomic E-state index is 11.7. The number of anilines is 1. The average Bonchev–Trinajstić information content (AvgIpc) is 2.64. The summed E-state index contributed by atoms with van der Waals surface area (Å²) in [6.07, 6.45) is 4.10. The number of carbonyl (C=O) groups excluding carboxylic acids is 1. The smallest absolute Gasteiger partial charge is 0.231 e. The van der Waals surface area contributed by atoms with Gasteiger partial charge in [-0.3, -0.25) is 4.79 Å². The number of hydrogen-bond donors (Lipinski definition) is 2. The molecule has 0 saturated heterocycles. The van der Waals surface area contributed by atoms with Crippen molar-refractivity contribution >= 4 is 11.6 Å². The molecular weight excluding hydrogens is 212 g/mol. The van der Waals surface area contributed by atoms with E-state index in [4.69, 9.17) is 5.73 Å². The molecule has 0 spiro atoms. The van der Waals surface area contributed by atoms with E-state index in [1.165, 1.54) is 11.1 Å². The Morgan fingerprint density at radius 2 is 2.18 bits per heavy atom. The van der Waals surface area contributed by atoms with Crippen molar-refractivity contribution < 1.29 is 4.79 Å². The van der Waals surface area contributed by atoms with Crippen LogP contribution in [0.25, 0.3) is 0 Å². The molecule has 0 aromatic heterocycles. The van der Waals surface area contributed by atoms with Crippen LogP contribution >= 0.6 is 0 Å². The van der Waals surface area contributed by atoms with Gasteiger partial charge in [0.05, 0.1) is 5.92 Å². The standard InChI is InChI=1S/C14H20N2O/c1-2-11-12-9-10(5-3-4-8-15)6-7-13(12)16-14(11)17/h6-7,9,11H,2-5,8,15H2,1H3,(H,16,17). The van der Waals surface area contributed by atoms with Gasteiger partial charge in [-0.2, -0.15) is 0 Å². The SMILES string of the molecule is CCC1C(=O)Nc2ccc(CCCCN)cc21. The Hall–Kier alpha value is -1.35. The first kappa shape index (κ1) is 12.1. The minimum absolute atomic E-state index is 0.0412. The Morgan fingerprint density at radius 3 is 2.88 bits per heavy atom. The number of amides is 1. The van der Waals surface area contributed by atoms with Crippen molar-refractivity contribution in [3.05, 3.63) is 29.3 Å². The maximum Gasteiger partial charge on any atom is 0.231 e. The van der Waals surface area contributed by atoms with Gasteiger partial charge in [-0.05, 0) is 49.4 Å². The Kier molecular flexibility index (Phi) is 3.79. The number of fused-ring (bicyclic) bond motifs is 1. The fraction of sp³-hybridized carbons (Fsp3) is 0.500. The fourth-order valence-corrected chi connectivity index (χ4v) is 2.41. The summed E-state index contributed by atoms with van der Waals surface area (Å²) in [5, 5.41) is 2.93. The van der Waals surface area contributed by atoms with E-state index < -0.39 is 0 Å². The molecule has 1 aromatic carbocycles. The molecular formula is C14H20N2O. The summed E-state index contributed by atoms with van der Waals surface area (Å²) in [5.74, 6) is 0.182. The molecule has 1 aliphatic heterocycles. The van der Waals surface area contributed by atoms with Crippen LogP contribution in [0.2, 0.25) is 0 Å². The van der Waals surface area contributed by atoms with Gasteiger partial charge in [0.2, 0.25) is 5.91 Å². The second kappa shape index (κ2) is 5.32. The Balaban J connectivity index is 2.14. The summed E-state index contributed by atoms with van der Waals surface area (Å²) in [4.78, 5) is 11.7.